The summed E-state index contributed by atoms with van der Waals surface area (Å²) < 4.78 is 5.49. The van der Waals surface area contributed by atoms with E-state index in [1.54, 1.807) is 0 Å². The fourth-order valence-electron chi connectivity index (χ4n) is 3.29. The molecule has 2 heterocycles. The molecule has 2 N–H and O–H groups in total. The second kappa shape index (κ2) is 6.14. The van der Waals surface area contributed by atoms with Gasteiger partial charge in [0.2, 0.25) is 0 Å². The fourth-order valence-corrected chi connectivity index (χ4v) is 3.29. The molecule has 0 aromatic heterocycles. The number of ether oxygens (including phenoxy) is 1. The number of nitrogens with zero attached hydrogens (tertiary/aromatic N) is 2. The smallest absolute Gasteiger partial charge is 0.0599 e. The van der Waals surface area contributed by atoms with Gasteiger partial charge < -0.3 is 15.4 Å². The number of hydrogen-bond donors (Lipinski definition) is 1. The minimum Gasteiger partial charge on any atom is -0.381 e. The minimum atomic E-state index is 0.422. The molecule has 2 aliphatic rings. The Labute approximate surface area is 105 Å². The second-order valence-electron chi connectivity index (χ2n) is 5.54. The first-order valence-corrected chi connectivity index (χ1v) is 6.91. The van der Waals surface area contributed by atoms with Crippen LogP contribution in [0.5, 0.6) is 0 Å². The van der Waals surface area contributed by atoms with E-state index in [0.29, 0.717) is 12.1 Å². The average molecular weight is 241 g/mol. The molecule has 2 rings (SSSR count). The maximum absolute atomic E-state index is 5.94. The monoisotopic (exact) mass is 241 g/mol. The van der Waals surface area contributed by atoms with Crippen LogP contribution in [0.2, 0.25) is 0 Å². The third kappa shape index (κ3) is 3.19. The van der Waals surface area contributed by atoms with Crippen molar-refractivity contribution in [3.8, 4) is 0 Å². The summed E-state index contributed by atoms with van der Waals surface area (Å²) >= 11 is 0. The Bertz CT molecular complexity index is 227. The predicted octanol–water partition coefficient (Wildman–Crippen LogP) is 0.519. The molecule has 0 radical (unpaired) electrons. The molecule has 2 atom stereocenters. The van der Waals surface area contributed by atoms with E-state index in [0.717, 1.165) is 25.6 Å². The van der Waals surface area contributed by atoms with E-state index in [2.05, 4.69) is 16.8 Å². The Balaban J connectivity index is 1.90. The highest BCUT2D eigenvalue weighted by molar-refractivity contribution is 4.89. The van der Waals surface area contributed by atoms with Gasteiger partial charge in [-0.05, 0) is 45.8 Å². The maximum Gasteiger partial charge on any atom is 0.0599 e. The normalized spacial score (nSPS) is 34.1. The molecular weight excluding hydrogens is 214 g/mol. The van der Waals surface area contributed by atoms with Crippen LogP contribution in [-0.2, 0) is 4.74 Å². The zero-order valence-electron chi connectivity index (χ0n) is 11.3. The van der Waals surface area contributed by atoms with Crippen LogP contribution < -0.4 is 5.73 Å². The Morgan fingerprint density at radius 2 is 1.88 bits per heavy atom. The van der Waals surface area contributed by atoms with Gasteiger partial charge in [-0.15, -0.1) is 0 Å². The van der Waals surface area contributed by atoms with Gasteiger partial charge in [-0.2, -0.15) is 0 Å². The topological polar surface area (TPSA) is 41.7 Å². The molecule has 17 heavy (non-hydrogen) atoms. The van der Waals surface area contributed by atoms with Crippen molar-refractivity contribution >= 4 is 0 Å². The number of likely N-dealkylation sites (tertiary alicyclic amines) is 2. The van der Waals surface area contributed by atoms with Crippen LogP contribution in [0, 0.1) is 0 Å². The Hall–Kier alpha value is -0.160. The van der Waals surface area contributed by atoms with Gasteiger partial charge in [-0.1, -0.05) is 0 Å². The lowest BCUT2D eigenvalue weighted by atomic mass is 9.93. The lowest BCUT2D eigenvalue weighted by molar-refractivity contribution is -0.0153. The van der Waals surface area contributed by atoms with Gasteiger partial charge in [-0.25, -0.2) is 0 Å². The summed E-state index contributed by atoms with van der Waals surface area (Å²) in [6.07, 6.45) is 5.29. The van der Waals surface area contributed by atoms with E-state index < -0.39 is 0 Å². The molecule has 4 nitrogen and oxygen atoms in total. The number of nitrogens with two attached hydrogens (primary N) is 1. The van der Waals surface area contributed by atoms with Crippen LogP contribution in [0.1, 0.15) is 25.7 Å². The Kier molecular flexibility index (Phi) is 4.79. The standard InChI is InChI=1S/C13H27N3O/c1-15-6-3-11(4-7-15)16-8-5-13(17-2)9-12(16)10-14/h11-13H,3-10,14H2,1-2H3. The number of hydrogen-bond acceptors (Lipinski definition) is 4. The van der Waals surface area contributed by atoms with E-state index in [9.17, 15) is 0 Å². The number of piperidine rings is 2. The molecule has 0 aromatic carbocycles. The van der Waals surface area contributed by atoms with E-state index in [1.807, 2.05) is 7.11 Å². The van der Waals surface area contributed by atoms with Crippen molar-refractivity contribution in [2.45, 2.75) is 43.9 Å². The lowest BCUT2D eigenvalue weighted by Gasteiger charge is -2.45. The first-order valence-electron chi connectivity index (χ1n) is 6.91. The summed E-state index contributed by atoms with van der Waals surface area (Å²) in [6, 6.07) is 1.28. The molecule has 2 fully saturated rings. The van der Waals surface area contributed by atoms with Gasteiger partial charge in [-0.3, -0.25) is 4.90 Å². The van der Waals surface area contributed by atoms with Crippen molar-refractivity contribution in [2.24, 2.45) is 5.73 Å². The molecule has 2 saturated heterocycles. The molecule has 100 valence electrons. The molecule has 2 unspecified atom stereocenters. The number of rotatable bonds is 3. The maximum atomic E-state index is 5.94. The quantitative estimate of drug-likeness (QED) is 0.782. The molecule has 2 aliphatic heterocycles. The lowest BCUT2D eigenvalue weighted by Crippen LogP contribution is -2.55. The largest absolute Gasteiger partial charge is 0.381 e. The highest BCUT2D eigenvalue weighted by atomic mass is 16.5. The van der Waals surface area contributed by atoms with Crippen molar-refractivity contribution in [1.82, 2.24) is 9.80 Å². The van der Waals surface area contributed by atoms with Crippen LogP contribution in [0.4, 0.5) is 0 Å². The van der Waals surface area contributed by atoms with Crippen molar-refractivity contribution in [3.63, 3.8) is 0 Å². The summed E-state index contributed by atoms with van der Waals surface area (Å²) in [5, 5.41) is 0. The van der Waals surface area contributed by atoms with Crippen molar-refractivity contribution in [3.05, 3.63) is 0 Å². The third-order valence-electron chi connectivity index (χ3n) is 4.48. The minimum absolute atomic E-state index is 0.422. The second-order valence-corrected chi connectivity index (χ2v) is 5.54. The van der Waals surface area contributed by atoms with Crippen molar-refractivity contribution < 1.29 is 4.74 Å². The molecule has 0 bridgehead atoms. The van der Waals surface area contributed by atoms with E-state index in [-0.39, 0.29) is 0 Å². The Morgan fingerprint density at radius 3 is 2.47 bits per heavy atom. The molecule has 4 heteroatoms. The zero-order valence-corrected chi connectivity index (χ0v) is 11.3. The number of methoxy groups -OCH3 is 1. The highest BCUT2D eigenvalue weighted by Gasteiger charge is 2.33. The van der Waals surface area contributed by atoms with Gasteiger partial charge in [0.25, 0.3) is 0 Å². The highest BCUT2D eigenvalue weighted by Crippen LogP contribution is 2.25. The van der Waals surface area contributed by atoms with Crippen LogP contribution in [0.15, 0.2) is 0 Å². The molecule has 0 amide bonds. The first kappa shape index (κ1) is 13.3. The summed E-state index contributed by atoms with van der Waals surface area (Å²) in [4.78, 5) is 5.08. The molecule has 0 aliphatic carbocycles. The first-order chi connectivity index (χ1) is 8.24. The van der Waals surface area contributed by atoms with Crippen LogP contribution >= 0.6 is 0 Å². The molecule has 0 aromatic rings. The Morgan fingerprint density at radius 1 is 1.18 bits per heavy atom. The van der Waals surface area contributed by atoms with Gasteiger partial charge in [0.1, 0.15) is 0 Å². The predicted molar refractivity (Wildman–Crippen MR) is 70.1 cm³/mol. The summed E-state index contributed by atoms with van der Waals surface area (Å²) in [6.45, 7) is 4.39. The molecule has 0 saturated carbocycles. The van der Waals surface area contributed by atoms with Crippen molar-refractivity contribution in [2.75, 3.05) is 40.3 Å². The third-order valence-corrected chi connectivity index (χ3v) is 4.48. The van der Waals surface area contributed by atoms with Gasteiger partial charge in [0.05, 0.1) is 6.10 Å². The van der Waals surface area contributed by atoms with E-state index in [1.165, 1.54) is 32.4 Å². The van der Waals surface area contributed by atoms with Crippen LogP contribution in [-0.4, -0.2) is 68.3 Å². The zero-order chi connectivity index (χ0) is 12.3. The van der Waals surface area contributed by atoms with Crippen LogP contribution in [0.3, 0.4) is 0 Å². The summed E-state index contributed by atoms with van der Waals surface area (Å²) in [5.41, 5.74) is 5.94. The van der Waals surface area contributed by atoms with Crippen LogP contribution in [0.25, 0.3) is 0 Å². The van der Waals surface area contributed by atoms with E-state index >= 15 is 0 Å². The SMILES string of the molecule is COC1CCN(C2CCN(C)CC2)C(CN)C1. The van der Waals surface area contributed by atoms with Gasteiger partial charge in [0.15, 0.2) is 0 Å². The van der Waals surface area contributed by atoms with Crippen molar-refractivity contribution in [1.29, 1.82) is 0 Å². The van der Waals surface area contributed by atoms with Gasteiger partial charge in [0, 0.05) is 32.3 Å². The molecule has 0 spiro atoms. The fraction of sp³-hybridized carbons (Fsp3) is 1.00. The summed E-state index contributed by atoms with van der Waals surface area (Å²) in [7, 11) is 4.04. The summed E-state index contributed by atoms with van der Waals surface area (Å²) in [5.74, 6) is 0. The average Bonchev–Trinajstić information content (AvgIpc) is 2.39. The van der Waals surface area contributed by atoms with Gasteiger partial charge >= 0.3 is 0 Å². The molecular formula is C13H27N3O. The van der Waals surface area contributed by atoms with E-state index in [4.69, 9.17) is 10.5 Å².